The van der Waals surface area contributed by atoms with E-state index in [9.17, 15) is 4.79 Å². The van der Waals surface area contributed by atoms with Gasteiger partial charge in [-0.2, -0.15) is 0 Å². The second-order valence-electron chi connectivity index (χ2n) is 8.13. The van der Waals surface area contributed by atoms with Gasteiger partial charge in [0, 0.05) is 49.9 Å². The van der Waals surface area contributed by atoms with E-state index in [4.69, 9.17) is 9.72 Å². The normalized spacial score (nSPS) is 20.2. The molecule has 2 saturated heterocycles. The minimum absolute atomic E-state index is 0.0426. The number of ether oxygens (including phenoxy) is 1. The Morgan fingerprint density at radius 2 is 1.97 bits per heavy atom. The molecule has 2 aromatic heterocycles. The van der Waals surface area contributed by atoms with Crippen LogP contribution in [-0.2, 0) is 9.53 Å². The molecule has 4 rings (SSSR count). The first kappa shape index (κ1) is 19.8. The second kappa shape index (κ2) is 8.86. The van der Waals surface area contributed by atoms with Crippen molar-refractivity contribution >= 4 is 11.9 Å². The zero-order valence-corrected chi connectivity index (χ0v) is 17.2. The predicted molar refractivity (Wildman–Crippen MR) is 112 cm³/mol. The van der Waals surface area contributed by atoms with Crippen LogP contribution in [0.3, 0.4) is 0 Å². The molecule has 1 unspecified atom stereocenters. The summed E-state index contributed by atoms with van der Waals surface area (Å²) in [6, 6.07) is 4.18. The number of amides is 1. The van der Waals surface area contributed by atoms with E-state index in [1.165, 1.54) is 0 Å². The number of piperidine rings is 1. The summed E-state index contributed by atoms with van der Waals surface area (Å²) in [5.74, 6) is 1.11. The van der Waals surface area contributed by atoms with Crippen molar-refractivity contribution in [2.24, 2.45) is 0 Å². The lowest BCUT2D eigenvalue weighted by Crippen LogP contribution is -2.47. The molecule has 29 heavy (non-hydrogen) atoms. The smallest absolute Gasteiger partial charge is 0.249 e. The number of carbonyl (C=O) groups is 1. The summed E-state index contributed by atoms with van der Waals surface area (Å²) in [4.78, 5) is 28.2. The molecule has 0 aromatic carbocycles. The van der Waals surface area contributed by atoms with Crippen LogP contribution in [0.4, 0.5) is 5.95 Å². The van der Waals surface area contributed by atoms with Gasteiger partial charge in [-0.1, -0.05) is 13.8 Å². The highest BCUT2D eigenvalue weighted by Gasteiger charge is 2.28. The van der Waals surface area contributed by atoms with Crippen LogP contribution < -0.4 is 10.2 Å². The van der Waals surface area contributed by atoms with Gasteiger partial charge in [0.2, 0.25) is 11.9 Å². The zero-order valence-electron chi connectivity index (χ0n) is 17.2. The largest absolute Gasteiger partial charge is 0.368 e. The lowest BCUT2D eigenvalue weighted by Gasteiger charge is -2.33. The van der Waals surface area contributed by atoms with E-state index < -0.39 is 0 Å². The first-order valence-electron chi connectivity index (χ1n) is 10.6. The highest BCUT2D eigenvalue weighted by atomic mass is 16.5. The topological polar surface area (TPSA) is 80.2 Å². The Balaban J connectivity index is 1.42. The van der Waals surface area contributed by atoms with Crippen LogP contribution in [0.2, 0.25) is 0 Å². The summed E-state index contributed by atoms with van der Waals surface area (Å²) in [6.45, 7) is 6.68. The fourth-order valence-corrected chi connectivity index (χ4v) is 4.03. The van der Waals surface area contributed by atoms with Gasteiger partial charge >= 0.3 is 0 Å². The van der Waals surface area contributed by atoms with Crippen molar-refractivity contribution in [3.8, 4) is 11.1 Å². The van der Waals surface area contributed by atoms with Crippen molar-refractivity contribution in [3.63, 3.8) is 0 Å². The molecule has 154 valence electrons. The Labute approximate surface area is 171 Å². The summed E-state index contributed by atoms with van der Waals surface area (Å²) < 4.78 is 5.48. The summed E-state index contributed by atoms with van der Waals surface area (Å²) in [5.41, 5.74) is 3.20. The molecule has 2 aliphatic rings. The minimum atomic E-state index is -0.259. The van der Waals surface area contributed by atoms with Gasteiger partial charge in [-0.25, -0.2) is 9.97 Å². The number of anilines is 1. The van der Waals surface area contributed by atoms with Crippen LogP contribution >= 0.6 is 0 Å². The molecule has 2 fully saturated rings. The van der Waals surface area contributed by atoms with Crippen LogP contribution in [0.1, 0.15) is 51.1 Å². The maximum Gasteiger partial charge on any atom is 0.249 e. The number of rotatable bonds is 5. The molecule has 0 aliphatic carbocycles. The molecule has 4 heterocycles. The van der Waals surface area contributed by atoms with Crippen LogP contribution in [0.25, 0.3) is 11.1 Å². The molecule has 2 aliphatic heterocycles. The molecule has 0 bridgehead atoms. The predicted octanol–water partition coefficient (Wildman–Crippen LogP) is 2.93. The van der Waals surface area contributed by atoms with Crippen molar-refractivity contribution < 1.29 is 9.53 Å². The molecule has 0 spiro atoms. The molecule has 2 aromatic rings. The van der Waals surface area contributed by atoms with Gasteiger partial charge in [0.05, 0.1) is 5.69 Å². The average molecular weight is 396 g/mol. The summed E-state index contributed by atoms with van der Waals surface area (Å²) in [7, 11) is 0. The maximum atomic E-state index is 12.3. The van der Waals surface area contributed by atoms with Crippen molar-refractivity contribution in [1.82, 2.24) is 20.3 Å². The lowest BCUT2D eigenvalue weighted by molar-refractivity contribution is -0.130. The lowest BCUT2D eigenvalue weighted by atomic mass is 10.00. The average Bonchev–Trinajstić information content (AvgIpc) is 3.30. The first-order valence-corrected chi connectivity index (χ1v) is 10.6. The standard InChI is InChI=1S/C22H29N5O2/c1-15(2)20-18(16-5-9-23-10-6-16)14-24-22(26-20)27-11-7-17(8-12-27)25-21(28)19-4-3-13-29-19/h5-6,9-10,14-15,17,19H,3-4,7-8,11-13H2,1-2H3,(H,25,28). The number of hydrogen-bond donors (Lipinski definition) is 1. The molecule has 0 saturated carbocycles. The molecule has 7 heteroatoms. The van der Waals surface area contributed by atoms with Gasteiger partial charge in [0.15, 0.2) is 0 Å². The van der Waals surface area contributed by atoms with E-state index in [1.807, 2.05) is 18.3 Å². The van der Waals surface area contributed by atoms with Crippen molar-refractivity contribution in [2.45, 2.75) is 57.6 Å². The monoisotopic (exact) mass is 395 g/mol. The summed E-state index contributed by atoms with van der Waals surface area (Å²) >= 11 is 0. The van der Waals surface area contributed by atoms with E-state index in [2.05, 4.69) is 34.0 Å². The second-order valence-corrected chi connectivity index (χ2v) is 8.13. The first-order chi connectivity index (χ1) is 14.1. The molecule has 7 nitrogen and oxygen atoms in total. The van der Waals surface area contributed by atoms with Crippen LogP contribution in [0.15, 0.2) is 30.7 Å². The fraction of sp³-hybridized carbons (Fsp3) is 0.545. The SMILES string of the molecule is CC(C)c1nc(N2CCC(NC(=O)C3CCCO3)CC2)ncc1-c1ccncc1. The van der Waals surface area contributed by atoms with Gasteiger partial charge in [0.1, 0.15) is 6.10 Å². The highest BCUT2D eigenvalue weighted by molar-refractivity contribution is 5.81. The van der Waals surface area contributed by atoms with Gasteiger partial charge in [-0.15, -0.1) is 0 Å². The molecule has 1 amide bonds. The summed E-state index contributed by atoms with van der Waals surface area (Å²) in [6.07, 6.45) is 8.85. The third-order valence-electron chi connectivity index (χ3n) is 5.69. The summed E-state index contributed by atoms with van der Waals surface area (Å²) in [5, 5.41) is 3.16. The van der Waals surface area contributed by atoms with E-state index in [0.29, 0.717) is 12.5 Å². The Morgan fingerprint density at radius 1 is 1.21 bits per heavy atom. The Kier molecular flexibility index (Phi) is 6.04. The van der Waals surface area contributed by atoms with Gasteiger partial charge in [0.25, 0.3) is 0 Å². The number of nitrogens with zero attached hydrogens (tertiary/aromatic N) is 4. The fourth-order valence-electron chi connectivity index (χ4n) is 4.03. The Bertz CT molecular complexity index is 828. The molecule has 1 atom stereocenters. The van der Waals surface area contributed by atoms with Crippen LogP contribution in [-0.4, -0.2) is 52.7 Å². The third kappa shape index (κ3) is 4.56. The van der Waals surface area contributed by atoms with Crippen molar-refractivity contribution in [3.05, 3.63) is 36.4 Å². The van der Waals surface area contributed by atoms with Gasteiger partial charge < -0.3 is 15.0 Å². The van der Waals surface area contributed by atoms with E-state index in [-0.39, 0.29) is 18.1 Å². The van der Waals surface area contributed by atoms with Crippen molar-refractivity contribution in [2.75, 3.05) is 24.6 Å². The number of pyridine rings is 1. The minimum Gasteiger partial charge on any atom is -0.368 e. The zero-order chi connectivity index (χ0) is 20.2. The molecule has 1 N–H and O–H groups in total. The molecular weight excluding hydrogens is 366 g/mol. The van der Waals surface area contributed by atoms with E-state index in [1.54, 1.807) is 12.4 Å². The van der Waals surface area contributed by atoms with Crippen LogP contribution in [0, 0.1) is 0 Å². The van der Waals surface area contributed by atoms with Gasteiger partial charge in [-0.05, 0) is 49.3 Å². The molecular formula is C22H29N5O2. The number of hydrogen-bond acceptors (Lipinski definition) is 6. The van der Waals surface area contributed by atoms with E-state index >= 15 is 0 Å². The quantitative estimate of drug-likeness (QED) is 0.838. The van der Waals surface area contributed by atoms with Crippen LogP contribution in [0.5, 0.6) is 0 Å². The maximum absolute atomic E-state index is 12.3. The third-order valence-corrected chi connectivity index (χ3v) is 5.69. The number of nitrogens with one attached hydrogen (secondary N) is 1. The number of carbonyl (C=O) groups excluding carboxylic acids is 1. The van der Waals surface area contributed by atoms with Crippen molar-refractivity contribution in [1.29, 1.82) is 0 Å². The number of aromatic nitrogens is 3. The van der Waals surface area contributed by atoms with Gasteiger partial charge in [-0.3, -0.25) is 9.78 Å². The Hall–Kier alpha value is -2.54. The Morgan fingerprint density at radius 3 is 2.62 bits per heavy atom. The highest BCUT2D eigenvalue weighted by Crippen LogP contribution is 2.29. The van der Waals surface area contributed by atoms with E-state index in [0.717, 1.165) is 61.5 Å². The molecule has 0 radical (unpaired) electrons.